The van der Waals surface area contributed by atoms with Crippen molar-refractivity contribution in [1.29, 1.82) is 0 Å². The van der Waals surface area contributed by atoms with E-state index in [1.165, 1.54) is 18.9 Å². The molecule has 2 fully saturated rings. The fraction of sp³-hybridized carbons (Fsp3) is 0.588. The Morgan fingerprint density at radius 1 is 1.41 bits per heavy atom. The smallest absolute Gasteiger partial charge is 0.254 e. The van der Waals surface area contributed by atoms with E-state index in [0.717, 1.165) is 19.5 Å². The topological polar surface area (TPSA) is 52.6 Å². The summed E-state index contributed by atoms with van der Waals surface area (Å²) in [5.74, 6) is -0.713. The predicted molar refractivity (Wildman–Crippen MR) is 81.2 cm³/mol. The average Bonchev–Trinajstić information content (AvgIpc) is 3.18. The molecule has 1 amide bonds. The highest BCUT2D eigenvalue weighted by atomic mass is 19.1. The Morgan fingerprint density at radius 2 is 2.14 bits per heavy atom. The number of hydrogen-bond acceptors (Lipinski definition) is 3. The fourth-order valence-electron chi connectivity index (χ4n) is 4.24. The zero-order valence-corrected chi connectivity index (χ0v) is 12.9. The first-order valence-electron chi connectivity index (χ1n) is 8.02. The van der Waals surface area contributed by atoms with Crippen LogP contribution in [-0.4, -0.2) is 35.1 Å². The molecule has 1 saturated carbocycles. The van der Waals surface area contributed by atoms with Gasteiger partial charge in [-0.15, -0.1) is 0 Å². The first-order valence-corrected chi connectivity index (χ1v) is 8.02. The molecule has 0 spiro atoms. The van der Waals surface area contributed by atoms with Crippen molar-refractivity contribution in [1.82, 2.24) is 10.4 Å². The molecule has 0 aromatic heterocycles. The molecule has 4 nitrogen and oxygen atoms in total. The second kappa shape index (κ2) is 5.97. The fourth-order valence-corrected chi connectivity index (χ4v) is 4.24. The monoisotopic (exact) mass is 306 g/mol. The second-order valence-corrected chi connectivity index (χ2v) is 6.58. The van der Waals surface area contributed by atoms with Crippen LogP contribution >= 0.6 is 0 Å². The third kappa shape index (κ3) is 2.42. The molecule has 1 aromatic carbocycles. The van der Waals surface area contributed by atoms with Crippen molar-refractivity contribution in [2.45, 2.75) is 50.5 Å². The summed E-state index contributed by atoms with van der Waals surface area (Å²) in [6.07, 6.45) is 4.60. The number of carbonyl (C=O) groups is 1. The van der Waals surface area contributed by atoms with Crippen LogP contribution in [0.3, 0.4) is 0 Å². The number of rotatable bonds is 3. The zero-order chi connectivity index (χ0) is 15.7. The van der Waals surface area contributed by atoms with Gasteiger partial charge in [0.05, 0.1) is 5.41 Å². The van der Waals surface area contributed by atoms with Crippen LogP contribution < -0.4 is 5.48 Å². The van der Waals surface area contributed by atoms with Gasteiger partial charge in [-0.25, -0.2) is 9.87 Å². The minimum Gasteiger partial charge on any atom is -0.300 e. The van der Waals surface area contributed by atoms with Crippen LogP contribution in [0.4, 0.5) is 4.39 Å². The van der Waals surface area contributed by atoms with E-state index >= 15 is 0 Å². The Morgan fingerprint density at radius 3 is 2.82 bits per heavy atom. The van der Waals surface area contributed by atoms with E-state index in [9.17, 15) is 14.4 Å². The Bertz CT molecular complexity index is 572. The van der Waals surface area contributed by atoms with Crippen LogP contribution in [0.25, 0.3) is 0 Å². The van der Waals surface area contributed by atoms with E-state index in [0.29, 0.717) is 30.0 Å². The number of carbonyl (C=O) groups excluding carboxylic acids is 1. The van der Waals surface area contributed by atoms with Gasteiger partial charge in [-0.1, -0.05) is 12.1 Å². The van der Waals surface area contributed by atoms with Crippen LogP contribution in [0, 0.1) is 12.7 Å². The largest absolute Gasteiger partial charge is 0.300 e. The van der Waals surface area contributed by atoms with E-state index in [-0.39, 0.29) is 5.82 Å². The molecule has 5 heteroatoms. The van der Waals surface area contributed by atoms with Crippen molar-refractivity contribution >= 4 is 5.91 Å². The lowest BCUT2D eigenvalue weighted by Crippen LogP contribution is -2.43. The van der Waals surface area contributed by atoms with Gasteiger partial charge in [0.2, 0.25) is 0 Å². The highest BCUT2D eigenvalue weighted by Gasteiger charge is 2.49. The molecule has 1 saturated heterocycles. The van der Waals surface area contributed by atoms with Gasteiger partial charge in [0.15, 0.2) is 0 Å². The van der Waals surface area contributed by atoms with Crippen LogP contribution in [0.1, 0.15) is 43.2 Å². The summed E-state index contributed by atoms with van der Waals surface area (Å²) in [4.78, 5) is 14.9. The highest BCUT2D eigenvalue weighted by Crippen LogP contribution is 2.45. The third-order valence-corrected chi connectivity index (χ3v) is 5.46. The van der Waals surface area contributed by atoms with E-state index in [2.05, 4.69) is 4.90 Å². The maximum atomic E-state index is 14.0. The molecule has 2 unspecified atom stereocenters. The lowest BCUT2D eigenvalue weighted by molar-refractivity contribution is -0.135. The number of hydrogen-bond donors (Lipinski definition) is 2. The first kappa shape index (κ1) is 15.4. The zero-order valence-electron chi connectivity index (χ0n) is 12.9. The Balaban J connectivity index is 1.96. The molecule has 1 aliphatic heterocycles. The van der Waals surface area contributed by atoms with Crippen molar-refractivity contribution in [3.63, 3.8) is 0 Å². The van der Waals surface area contributed by atoms with E-state index in [1.54, 1.807) is 13.0 Å². The summed E-state index contributed by atoms with van der Waals surface area (Å²) in [5.41, 5.74) is 2.22. The number of hydroxylamine groups is 1. The number of likely N-dealkylation sites (tertiary alicyclic amines) is 1. The predicted octanol–water partition coefficient (Wildman–Crippen LogP) is 2.53. The van der Waals surface area contributed by atoms with Gasteiger partial charge in [-0.2, -0.15) is 0 Å². The van der Waals surface area contributed by atoms with Crippen molar-refractivity contribution in [3.8, 4) is 0 Å². The van der Waals surface area contributed by atoms with Gasteiger partial charge in [-0.3, -0.25) is 10.0 Å². The number of benzene rings is 1. The van der Waals surface area contributed by atoms with Crippen LogP contribution in [0.2, 0.25) is 0 Å². The van der Waals surface area contributed by atoms with Gasteiger partial charge >= 0.3 is 0 Å². The van der Waals surface area contributed by atoms with Gasteiger partial charge in [0, 0.05) is 6.04 Å². The van der Waals surface area contributed by atoms with Gasteiger partial charge in [0.1, 0.15) is 5.82 Å². The molecular weight excluding hydrogens is 283 g/mol. The van der Waals surface area contributed by atoms with Crippen LogP contribution in [0.15, 0.2) is 18.2 Å². The number of amides is 1. The van der Waals surface area contributed by atoms with Crippen LogP contribution in [0.5, 0.6) is 0 Å². The van der Waals surface area contributed by atoms with Crippen LogP contribution in [-0.2, 0) is 10.2 Å². The molecule has 0 radical (unpaired) electrons. The summed E-state index contributed by atoms with van der Waals surface area (Å²) in [5, 5.41) is 9.23. The number of halogens is 1. The minimum absolute atomic E-state index is 0.299. The van der Waals surface area contributed by atoms with Gasteiger partial charge < -0.3 is 4.90 Å². The lowest BCUT2D eigenvalue weighted by atomic mass is 9.76. The molecule has 2 N–H and O–H groups in total. The molecule has 120 valence electrons. The average molecular weight is 306 g/mol. The maximum Gasteiger partial charge on any atom is 0.254 e. The maximum absolute atomic E-state index is 14.0. The third-order valence-electron chi connectivity index (χ3n) is 5.46. The molecule has 1 aromatic rings. The standard InChI is InChI=1S/C17H23FN2O2/c1-12-14(5-4-6-15(12)18)17(16(21)19-22)8-7-13(11-17)20-9-2-3-10-20/h4-6,13,22H,2-3,7-11H2,1H3,(H,19,21). The molecular formula is C17H23FN2O2. The summed E-state index contributed by atoms with van der Waals surface area (Å²) >= 11 is 0. The molecule has 0 bridgehead atoms. The first-order chi connectivity index (χ1) is 10.6. The second-order valence-electron chi connectivity index (χ2n) is 6.58. The van der Waals surface area contributed by atoms with Crippen molar-refractivity contribution in [2.24, 2.45) is 0 Å². The molecule has 1 aliphatic carbocycles. The van der Waals surface area contributed by atoms with Crippen molar-refractivity contribution < 1.29 is 14.4 Å². The molecule has 2 aliphatic rings. The Kier molecular flexibility index (Phi) is 4.19. The van der Waals surface area contributed by atoms with E-state index in [1.807, 2.05) is 11.5 Å². The molecule has 2 atom stereocenters. The van der Waals surface area contributed by atoms with Gasteiger partial charge in [0.25, 0.3) is 5.91 Å². The van der Waals surface area contributed by atoms with E-state index in [4.69, 9.17) is 0 Å². The Hall–Kier alpha value is -1.46. The van der Waals surface area contributed by atoms with Crippen molar-refractivity contribution in [2.75, 3.05) is 13.1 Å². The van der Waals surface area contributed by atoms with Crippen molar-refractivity contribution in [3.05, 3.63) is 35.1 Å². The quantitative estimate of drug-likeness (QED) is 0.666. The molecule has 22 heavy (non-hydrogen) atoms. The molecule has 1 heterocycles. The normalized spacial score (nSPS) is 29.0. The Labute approximate surface area is 130 Å². The lowest BCUT2D eigenvalue weighted by Gasteiger charge is -2.31. The summed E-state index contributed by atoms with van der Waals surface area (Å²) in [6, 6.07) is 5.21. The highest BCUT2D eigenvalue weighted by molar-refractivity contribution is 5.88. The van der Waals surface area contributed by atoms with Gasteiger partial charge in [-0.05, 0) is 69.3 Å². The summed E-state index contributed by atoms with van der Waals surface area (Å²) in [6.45, 7) is 3.85. The molecule has 3 rings (SSSR count). The number of nitrogens with zero attached hydrogens (tertiary/aromatic N) is 1. The summed E-state index contributed by atoms with van der Waals surface area (Å²) < 4.78 is 14.0. The number of nitrogens with one attached hydrogen (secondary N) is 1. The summed E-state index contributed by atoms with van der Waals surface area (Å²) in [7, 11) is 0. The SMILES string of the molecule is Cc1c(F)cccc1C1(C(=O)NO)CCC(N2CCCC2)C1. The minimum atomic E-state index is -0.825. The van der Waals surface area contributed by atoms with E-state index < -0.39 is 11.3 Å².